The Morgan fingerprint density at radius 3 is 1.41 bits per heavy atom. The van der Waals surface area contributed by atoms with Crippen LogP contribution in [0.2, 0.25) is 0 Å². The van der Waals surface area contributed by atoms with Gasteiger partial charge in [-0.3, -0.25) is 4.79 Å². The van der Waals surface area contributed by atoms with E-state index in [1.807, 2.05) is 6.08 Å². The topological polar surface area (TPSA) is 89.8 Å². The van der Waals surface area contributed by atoms with Crippen molar-refractivity contribution in [1.82, 2.24) is 5.32 Å². The van der Waals surface area contributed by atoms with Crippen molar-refractivity contribution in [3.05, 3.63) is 24.3 Å². The van der Waals surface area contributed by atoms with Crippen molar-refractivity contribution >= 4 is 5.91 Å². The number of rotatable bonds is 31. The smallest absolute Gasteiger partial charge is 0.249 e. The minimum Gasteiger partial charge on any atom is -0.394 e. The lowest BCUT2D eigenvalue weighted by molar-refractivity contribution is -0.131. The van der Waals surface area contributed by atoms with Crippen LogP contribution in [0.15, 0.2) is 24.3 Å². The molecule has 0 spiro atoms. The number of amides is 1. The molecule has 41 heavy (non-hydrogen) atoms. The molecule has 0 aliphatic carbocycles. The van der Waals surface area contributed by atoms with Crippen molar-refractivity contribution in [3.63, 3.8) is 0 Å². The van der Waals surface area contributed by atoms with E-state index in [0.29, 0.717) is 6.42 Å². The lowest BCUT2D eigenvalue weighted by atomic mass is 10.0. The third kappa shape index (κ3) is 27.4. The summed E-state index contributed by atoms with van der Waals surface area (Å²) in [7, 11) is 0. The van der Waals surface area contributed by atoms with E-state index in [1.165, 1.54) is 116 Å². The molecular weight excluding hydrogens is 510 g/mol. The van der Waals surface area contributed by atoms with Crippen LogP contribution in [0.3, 0.4) is 0 Å². The molecule has 0 fully saturated rings. The molecule has 0 aromatic heterocycles. The average Bonchev–Trinajstić information content (AvgIpc) is 2.98. The van der Waals surface area contributed by atoms with Crippen molar-refractivity contribution < 1.29 is 20.1 Å². The molecule has 0 aromatic rings. The predicted octanol–water partition coefficient (Wildman–Crippen LogP) is 9.09. The second kappa shape index (κ2) is 31.8. The van der Waals surface area contributed by atoms with Crippen LogP contribution < -0.4 is 5.32 Å². The van der Waals surface area contributed by atoms with Crippen LogP contribution in [-0.2, 0) is 4.79 Å². The summed E-state index contributed by atoms with van der Waals surface area (Å²) < 4.78 is 0. The van der Waals surface area contributed by atoms with Crippen molar-refractivity contribution in [2.45, 2.75) is 193 Å². The molecule has 0 radical (unpaired) electrons. The maximum absolute atomic E-state index is 12.3. The summed E-state index contributed by atoms with van der Waals surface area (Å²) in [5.41, 5.74) is 0. The SMILES string of the molecule is CCCCCCCC/C=C\CCCCC(O)C(=O)NC(CO)C(O)/C=C/CCCCCCCCCCCCCCC. The van der Waals surface area contributed by atoms with Crippen LogP contribution >= 0.6 is 0 Å². The van der Waals surface area contributed by atoms with Crippen LogP contribution in [-0.4, -0.2) is 46.1 Å². The van der Waals surface area contributed by atoms with E-state index in [1.54, 1.807) is 6.08 Å². The van der Waals surface area contributed by atoms with Gasteiger partial charge in [-0.15, -0.1) is 0 Å². The van der Waals surface area contributed by atoms with Crippen LogP contribution in [0.4, 0.5) is 0 Å². The molecule has 0 aliphatic rings. The summed E-state index contributed by atoms with van der Waals surface area (Å²) in [6.45, 7) is 4.14. The molecule has 1 amide bonds. The first kappa shape index (κ1) is 39.8. The Bertz CT molecular complexity index is 606. The summed E-state index contributed by atoms with van der Waals surface area (Å²) >= 11 is 0. The number of hydrogen-bond donors (Lipinski definition) is 4. The van der Waals surface area contributed by atoms with E-state index in [9.17, 15) is 20.1 Å². The Balaban J connectivity index is 3.80. The Morgan fingerprint density at radius 2 is 0.976 bits per heavy atom. The average molecular weight is 580 g/mol. The quantitative estimate of drug-likeness (QED) is 0.0487. The fourth-order valence-electron chi connectivity index (χ4n) is 5.18. The van der Waals surface area contributed by atoms with Gasteiger partial charge in [-0.05, 0) is 44.9 Å². The van der Waals surface area contributed by atoms with E-state index in [-0.39, 0.29) is 6.61 Å². The van der Waals surface area contributed by atoms with Crippen molar-refractivity contribution in [1.29, 1.82) is 0 Å². The molecule has 4 N–H and O–H groups in total. The highest BCUT2D eigenvalue weighted by molar-refractivity contribution is 5.80. The zero-order chi connectivity index (χ0) is 30.2. The van der Waals surface area contributed by atoms with E-state index < -0.39 is 24.2 Å². The van der Waals surface area contributed by atoms with Gasteiger partial charge in [-0.2, -0.15) is 0 Å². The third-order valence-electron chi connectivity index (χ3n) is 8.04. The molecule has 242 valence electrons. The van der Waals surface area contributed by atoms with Crippen LogP contribution in [0, 0.1) is 0 Å². The number of aliphatic hydroxyl groups excluding tert-OH is 3. The largest absolute Gasteiger partial charge is 0.394 e. The number of nitrogens with one attached hydrogen (secondary N) is 1. The van der Waals surface area contributed by atoms with Gasteiger partial charge < -0.3 is 20.6 Å². The molecule has 0 aromatic carbocycles. The van der Waals surface area contributed by atoms with E-state index in [4.69, 9.17) is 0 Å². The summed E-state index contributed by atoms with van der Waals surface area (Å²) in [6, 6.07) is -0.801. The molecule has 0 saturated heterocycles. The number of unbranched alkanes of at least 4 members (excludes halogenated alkanes) is 21. The highest BCUT2D eigenvalue weighted by atomic mass is 16.3. The van der Waals surface area contributed by atoms with Gasteiger partial charge in [0.2, 0.25) is 5.91 Å². The van der Waals surface area contributed by atoms with Gasteiger partial charge in [0, 0.05) is 0 Å². The third-order valence-corrected chi connectivity index (χ3v) is 8.04. The summed E-state index contributed by atoms with van der Waals surface area (Å²) in [4.78, 5) is 12.3. The molecular formula is C36H69NO4. The molecule has 0 heterocycles. The highest BCUT2D eigenvalue weighted by Crippen LogP contribution is 2.13. The summed E-state index contributed by atoms with van der Waals surface area (Å²) in [5, 5.41) is 32.8. The van der Waals surface area contributed by atoms with Crippen LogP contribution in [0.5, 0.6) is 0 Å². The lowest BCUT2D eigenvalue weighted by Crippen LogP contribution is -2.48. The fourth-order valence-corrected chi connectivity index (χ4v) is 5.18. The van der Waals surface area contributed by atoms with E-state index >= 15 is 0 Å². The first-order valence-corrected chi connectivity index (χ1v) is 17.7. The minimum absolute atomic E-state index is 0.369. The Kier molecular flexibility index (Phi) is 30.9. The Labute approximate surface area is 254 Å². The second-order valence-corrected chi connectivity index (χ2v) is 12.1. The minimum atomic E-state index is -1.11. The van der Waals surface area contributed by atoms with Crippen molar-refractivity contribution in [2.24, 2.45) is 0 Å². The van der Waals surface area contributed by atoms with Crippen LogP contribution in [0.1, 0.15) is 174 Å². The summed E-state index contributed by atoms with van der Waals surface area (Å²) in [6.07, 6.45) is 36.2. The maximum atomic E-state index is 12.3. The summed E-state index contributed by atoms with van der Waals surface area (Å²) in [5.74, 6) is -0.522. The number of carbonyl (C=O) groups excluding carboxylic acids is 1. The number of hydrogen-bond acceptors (Lipinski definition) is 4. The zero-order valence-electron chi connectivity index (χ0n) is 27.2. The first-order valence-electron chi connectivity index (χ1n) is 17.7. The van der Waals surface area contributed by atoms with Gasteiger partial charge in [0.05, 0.1) is 18.8 Å². The lowest BCUT2D eigenvalue weighted by Gasteiger charge is -2.21. The van der Waals surface area contributed by atoms with Crippen molar-refractivity contribution in [2.75, 3.05) is 6.61 Å². The predicted molar refractivity (Wildman–Crippen MR) is 176 cm³/mol. The van der Waals surface area contributed by atoms with Gasteiger partial charge in [-0.1, -0.05) is 154 Å². The molecule has 0 rings (SSSR count). The van der Waals surface area contributed by atoms with Gasteiger partial charge in [0.1, 0.15) is 6.10 Å². The monoisotopic (exact) mass is 580 g/mol. The molecule has 0 bridgehead atoms. The molecule has 3 unspecified atom stereocenters. The standard InChI is InChI=1S/C36H69NO4/c1-3-5-7-9-11-13-15-17-18-19-21-22-24-26-28-30-34(39)33(32-38)37-36(41)35(40)31-29-27-25-23-20-16-14-12-10-8-6-4-2/h20,23,28,30,33-35,38-40H,3-19,21-22,24-27,29,31-32H2,1-2H3,(H,37,41)/b23-20-,30-28+. The van der Waals surface area contributed by atoms with Gasteiger partial charge in [0.15, 0.2) is 0 Å². The van der Waals surface area contributed by atoms with E-state index in [0.717, 1.165) is 38.5 Å². The van der Waals surface area contributed by atoms with Gasteiger partial charge >= 0.3 is 0 Å². The Hall–Kier alpha value is -1.17. The molecule has 0 aliphatic heterocycles. The maximum Gasteiger partial charge on any atom is 0.249 e. The molecule has 5 heteroatoms. The molecule has 5 nitrogen and oxygen atoms in total. The molecule has 0 saturated carbocycles. The normalized spacial score (nSPS) is 14.2. The van der Waals surface area contributed by atoms with Crippen LogP contribution in [0.25, 0.3) is 0 Å². The Morgan fingerprint density at radius 1 is 0.585 bits per heavy atom. The number of carbonyl (C=O) groups is 1. The van der Waals surface area contributed by atoms with Crippen molar-refractivity contribution in [3.8, 4) is 0 Å². The first-order chi connectivity index (χ1) is 20.1. The molecule has 3 atom stereocenters. The van der Waals surface area contributed by atoms with Gasteiger partial charge in [-0.25, -0.2) is 0 Å². The zero-order valence-corrected chi connectivity index (χ0v) is 27.2. The number of allylic oxidation sites excluding steroid dienone is 3. The fraction of sp³-hybridized carbons (Fsp3) is 0.861. The highest BCUT2D eigenvalue weighted by Gasteiger charge is 2.22. The van der Waals surface area contributed by atoms with Gasteiger partial charge in [0.25, 0.3) is 0 Å². The number of aliphatic hydroxyl groups is 3. The second-order valence-electron chi connectivity index (χ2n) is 12.1. The van der Waals surface area contributed by atoms with E-state index in [2.05, 4.69) is 31.3 Å².